The second-order valence-electron chi connectivity index (χ2n) is 5.11. The van der Waals surface area contributed by atoms with Crippen molar-refractivity contribution >= 4 is 23.8 Å². The lowest BCUT2D eigenvalue weighted by Gasteiger charge is -2.19. The van der Waals surface area contributed by atoms with Crippen molar-refractivity contribution in [3.05, 3.63) is 35.9 Å². The van der Waals surface area contributed by atoms with Crippen molar-refractivity contribution in [2.75, 3.05) is 12.4 Å². The Labute approximate surface area is 118 Å². The lowest BCUT2D eigenvalue weighted by atomic mass is 10.2. The van der Waals surface area contributed by atoms with Gasteiger partial charge in [-0.3, -0.25) is 5.32 Å². The number of hydrogen-bond acceptors (Lipinski definition) is 4. The van der Waals surface area contributed by atoms with Gasteiger partial charge in [0.15, 0.2) is 0 Å². The molecule has 0 spiro atoms. The van der Waals surface area contributed by atoms with Gasteiger partial charge in [0, 0.05) is 11.8 Å². The van der Waals surface area contributed by atoms with E-state index < -0.39 is 17.7 Å². The summed E-state index contributed by atoms with van der Waals surface area (Å²) in [4.78, 5) is 22.5. The Morgan fingerprint density at radius 3 is 2.25 bits per heavy atom. The van der Waals surface area contributed by atoms with Crippen molar-refractivity contribution < 1.29 is 19.1 Å². The van der Waals surface area contributed by atoms with Crippen molar-refractivity contribution in [2.24, 2.45) is 0 Å². The van der Waals surface area contributed by atoms with Gasteiger partial charge in [0.05, 0.1) is 7.11 Å². The first-order valence-corrected chi connectivity index (χ1v) is 6.16. The summed E-state index contributed by atoms with van der Waals surface area (Å²) in [6.07, 6.45) is 2.45. The number of methoxy groups -OCH3 is 1. The van der Waals surface area contributed by atoms with Gasteiger partial charge in [-0.05, 0) is 44.5 Å². The standard InChI is InChI=1S/C15H19NO4/c1-15(2,3)20-14(18)16-12-8-5-11(6-9-12)7-10-13(17)19-4/h5-10H,1-4H3,(H,16,18). The molecule has 0 saturated heterocycles. The van der Waals surface area contributed by atoms with Crippen LogP contribution in [0.1, 0.15) is 26.3 Å². The average molecular weight is 277 g/mol. The maximum absolute atomic E-state index is 11.6. The van der Waals surface area contributed by atoms with Crippen molar-refractivity contribution in [2.45, 2.75) is 26.4 Å². The molecule has 0 aromatic heterocycles. The van der Waals surface area contributed by atoms with E-state index in [-0.39, 0.29) is 0 Å². The Hall–Kier alpha value is -2.30. The second kappa shape index (κ2) is 6.75. The fourth-order valence-electron chi connectivity index (χ4n) is 1.33. The number of carbonyl (C=O) groups excluding carboxylic acids is 2. The first kappa shape index (κ1) is 15.8. The Morgan fingerprint density at radius 1 is 1.15 bits per heavy atom. The van der Waals surface area contributed by atoms with Gasteiger partial charge in [0.2, 0.25) is 0 Å². The quantitative estimate of drug-likeness (QED) is 0.680. The van der Waals surface area contributed by atoms with Gasteiger partial charge < -0.3 is 9.47 Å². The molecule has 0 saturated carbocycles. The Kier molecular flexibility index (Phi) is 5.32. The SMILES string of the molecule is COC(=O)C=Cc1ccc(NC(=O)OC(C)(C)C)cc1. The lowest BCUT2D eigenvalue weighted by molar-refractivity contribution is -0.134. The van der Waals surface area contributed by atoms with Gasteiger partial charge in [-0.2, -0.15) is 0 Å². The van der Waals surface area contributed by atoms with E-state index in [9.17, 15) is 9.59 Å². The van der Waals surface area contributed by atoms with Crippen LogP contribution in [-0.4, -0.2) is 24.8 Å². The van der Waals surface area contributed by atoms with Crippen LogP contribution < -0.4 is 5.32 Å². The van der Waals surface area contributed by atoms with Crippen LogP contribution in [-0.2, 0) is 14.3 Å². The predicted molar refractivity (Wildman–Crippen MR) is 77.3 cm³/mol. The summed E-state index contributed by atoms with van der Waals surface area (Å²) in [5.74, 6) is -0.416. The molecule has 0 aliphatic rings. The molecular formula is C15H19NO4. The average Bonchev–Trinajstić information content (AvgIpc) is 2.35. The highest BCUT2D eigenvalue weighted by Gasteiger charge is 2.15. The van der Waals surface area contributed by atoms with Crippen molar-refractivity contribution in [1.29, 1.82) is 0 Å². The number of amides is 1. The molecule has 0 bridgehead atoms. The molecule has 1 amide bonds. The highest BCUT2D eigenvalue weighted by atomic mass is 16.6. The summed E-state index contributed by atoms with van der Waals surface area (Å²) in [5.41, 5.74) is 0.910. The number of hydrogen-bond donors (Lipinski definition) is 1. The van der Waals surface area contributed by atoms with Gasteiger partial charge in [-0.25, -0.2) is 9.59 Å². The van der Waals surface area contributed by atoms with E-state index in [0.717, 1.165) is 5.56 Å². The van der Waals surface area contributed by atoms with Crippen LogP contribution in [0.15, 0.2) is 30.3 Å². The molecule has 0 radical (unpaired) electrons. The van der Waals surface area contributed by atoms with Crippen LogP contribution in [0.25, 0.3) is 6.08 Å². The fraction of sp³-hybridized carbons (Fsp3) is 0.333. The van der Waals surface area contributed by atoms with Crippen molar-refractivity contribution in [3.8, 4) is 0 Å². The summed E-state index contributed by atoms with van der Waals surface area (Å²) in [6, 6.07) is 6.99. The summed E-state index contributed by atoms with van der Waals surface area (Å²) < 4.78 is 9.64. The minimum absolute atomic E-state index is 0.416. The highest BCUT2D eigenvalue weighted by Crippen LogP contribution is 2.13. The maximum atomic E-state index is 11.6. The van der Waals surface area contributed by atoms with Crippen LogP contribution in [0.5, 0.6) is 0 Å². The monoisotopic (exact) mass is 277 g/mol. The van der Waals surface area contributed by atoms with E-state index in [1.165, 1.54) is 13.2 Å². The topological polar surface area (TPSA) is 64.6 Å². The zero-order valence-corrected chi connectivity index (χ0v) is 12.1. The third-order valence-electron chi connectivity index (χ3n) is 2.17. The number of anilines is 1. The van der Waals surface area contributed by atoms with E-state index in [1.807, 2.05) is 0 Å². The third-order valence-corrected chi connectivity index (χ3v) is 2.17. The zero-order chi connectivity index (χ0) is 15.2. The number of esters is 1. The minimum atomic E-state index is -0.534. The van der Waals surface area contributed by atoms with Crippen molar-refractivity contribution in [1.82, 2.24) is 0 Å². The molecule has 0 heterocycles. The molecule has 1 N–H and O–H groups in total. The van der Waals surface area contributed by atoms with Gasteiger partial charge in [0.1, 0.15) is 5.60 Å². The predicted octanol–water partition coefficient (Wildman–Crippen LogP) is 3.22. The number of rotatable bonds is 3. The zero-order valence-electron chi connectivity index (χ0n) is 12.1. The van der Waals surface area contributed by atoms with E-state index in [4.69, 9.17) is 4.74 Å². The molecule has 20 heavy (non-hydrogen) atoms. The van der Waals surface area contributed by atoms with E-state index in [2.05, 4.69) is 10.1 Å². The molecular weight excluding hydrogens is 258 g/mol. The summed E-state index contributed by atoms with van der Waals surface area (Å²) >= 11 is 0. The maximum Gasteiger partial charge on any atom is 0.412 e. The number of nitrogens with one attached hydrogen (secondary N) is 1. The number of benzene rings is 1. The molecule has 5 heteroatoms. The molecule has 0 atom stereocenters. The number of carbonyl (C=O) groups is 2. The Bertz CT molecular complexity index is 498. The van der Waals surface area contributed by atoms with E-state index in [1.54, 1.807) is 51.1 Å². The highest BCUT2D eigenvalue weighted by molar-refractivity contribution is 5.87. The normalized spacial score (nSPS) is 11.2. The van der Waals surface area contributed by atoms with E-state index in [0.29, 0.717) is 5.69 Å². The van der Waals surface area contributed by atoms with Gasteiger partial charge in [-0.15, -0.1) is 0 Å². The minimum Gasteiger partial charge on any atom is -0.466 e. The molecule has 5 nitrogen and oxygen atoms in total. The van der Waals surface area contributed by atoms with Gasteiger partial charge in [0.25, 0.3) is 0 Å². The third kappa shape index (κ3) is 6.04. The Morgan fingerprint density at radius 2 is 1.75 bits per heavy atom. The molecule has 0 unspecified atom stereocenters. The Balaban J connectivity index is 2.61. The molecule has 108 valence electrons. The van der Waals surface area contributed by atoms with E-state index >= 15 is 0 Å². The van der Waals surface area contributed by atoms with Crippen LogP contribution in [0.2, 0.25) is 0 Å². The lowest BCUT2D eigenvalue weighted by Crippen LogP contribution is -2.27. The molecule has 1 aromatic carbocycles. The fourth-order valence-corrected chi connectivity index (χ4v) is 1.33. The van der Waals surface area contributed by atoms with Gasteiger partial charge >= 0.3 is 12.1 Å². The second-order valence-corrected chi connectivity index (χ2v) is 5.11. The summed E-state index contributed by atoms with van der Waals surface area (Å²) in [5, 5.41) is 2.62. The number of ether oxygens (including phenoxy) is 2. The van der Waals surface area contributed by atoms with Gasteiger partial charge in [-0.1, -0.05) is 12.1 Å². The van der Waals surface area contributed by atoms with Crippen LogP contribution in [0.4, 0.5) is 10.5 Å². The molecule has 1 aromatic rings. The summed E-state index contributed by atoms with van der Waals surface area (Å²) in [6.45, 7) is 5.40. The molecule has 0 aliphatic heterocycles. The smallest absolute Gasteiger partial charge is 0.412 e. The largest absolute Gasteiger partial charge is 0.466 e. The molecule has 0 aliphatic carbocycles. The molecule has 1 rings (SSSR count). The van der Waals surface area contributed by atoms with Crippen LogP contribution in [0, 0.1) is 0 Å². The first-order chi connectivity index (χ1) is 9.30. The summed E-state index contributed by atoms with van der Waals surface area (Å²) in [7, 11) is 1.32. The van der Waals surface area contributed by atoms with Crippen LogP contribution >= 0.6 is 0 Å². The molecule has 0 fully saturated rings. The van der Waals surface area contributed by atoms with Crippen LogP contribution in [0.3, 0.4) is 0 Å². The van der Waals surface area contributed by atoms with Crippen molar-refractivity contribution in [3.63, 3.8) is 0 Å². The first-order valence-electron chi connectivity index (χ1n) is 6.16.